The molecule has 0 aliphatic heterocycles. The SMILES string of the molecule is C/C=C/C.CC(C)CNC(C)C.[HH]. The molecular weight excluding hydrogens is 146 g/mol. The Balaban J connectivity index is -0.000000173. The van der Waals surface area contributed by atoms with Crippen LogP contribution in [0.3, 0.4) is 0 Å². The first-order valence-corrected chi connectivity index (χ1v) is 4.85. The quantitative estimate of drug-likeness (QED) is 0.644. The first-order valence-electron chi connectivity index (χ1n) is 4.85. The van der Waals surface area contributed by atoms with E-state index >= 15 is 0 Å². The third-order valence-electron chi connectivity index (χ3n) is 1.27. The van der Waals surface area contributed by atoms with Crippen LogP contribution in [0.1, 0.15) is 43.0 Å². The molecule has 0 aliphatic rings. The summed E-state index contributed by atoms with van der Waals surface area (Å²) >= 11 is 0. The van der Waals surface area contributed by atoms with Crippen LogP contribution in [0.4, 0.5) is 0 Å². The molecule has 1 N–H and O–H groups in total. The van der Waals surface area contributed by atoms with Gasteiger partial charge in [0.05, 0.1) is 0 Å². The molecule has 0 saturated carbocycles. The predicted octanol–water partition coefficient (Wildman–Crippen LogP) is 3.47. The number of rotatable bonds is 3. The lowest BCUT2D eigenvalue weighted by Crippen LogP contribution is -2.26. The van der Waals surface area contributed by atoms with E-state index in [4.69, 9.17) is 0 Å². The van der Waals surface area contributed by atoms with Crippen molar-refractivity contribution in [2.75, 3.05) is 6.54 Å². The first kappa shape index (κ1) is 14.2. The summed E-state index contributed by atoms with van der Waals surface area (Å²) in [6.07, 6.45) is 4.00. The molecule has 0 rings (SSSR count). The van der Waals surface area contributed by atoms with Crippen LogP contribution in [0.15, 0.2) is 12.2 Å². The van der Waals surface area contributed by atoms with Crippen molar-refractivity contribution in [1.82, 2.24) is 5.32 Å². The highest BCUT2D eigenvalue weighted by molar-refractivity contribution is 4.68. The highest BCUT2D eigenvalue weighted by Crippen LogP contribution is 1.87. The molecule has 0 atom stereocenters. The second-order valence-electron chi connectivity index (χ2n) is 3.62. The van der Waals surface area contributed by atoms with Crippen LogP contribution in [0.2, 0.25) is 0 Å². The van der Waals surface area contributed by atoms with Crippen molar-refractivity contribution in [3.05, 3.63) is 12.2 Å². The maximum absolute atomic E-state index is 3.34. The van der Waals surface area contributed by atoms with Gasteiger partial charge in [-0.05, 0) is 26.3 Å². The number of hydrogen-bond donors (Lipinski definition) is 1. The van der Waals surface area contributed by atoms with Crippen LogP contribution < -0.4 is 5.32 Å². The molecule has 0 saturated heterocycles. The molecule has 0 bridgehead atoms. The molecule has 0 aromatic rings. The zero-order valence-corrected chi connectivity index (χ0v) is 9.52. The van der Waals surface area contributed by atoms with Gasteiger partial charge in [0.25, 0.3) is 0 Å². The molecule has 0 radical (unpaired) electrons. The first-order chi connectivity index (χ1) is 5.54. The zero-order valence-electron chi connectivity index (χ0n) is 9.52. The Kier molecular flexibility index (Phi) is 12.7. The maximum Gasteiger partial charge on any atom is 0.00104 e. The Hall–Kier alpha value is -0.300. The number of hydrogen-bond acceptors (Lipinski definition) is 1. The van der Waals surface area contributed by atoms with Gasteiger partial charge in [-0.25, -0.2) is 0 Å². The molecule has 1 nitrogen and oxygen atoms in total. The molecule has 0 amide bonds. The van der Waals surface area contributed by atoms with E-state index in [9.17, 15) is 0 Å². The lowest BCUT2D eigenvalue weighted by molar-refractivity contribution is 0.505. The summed E-state index contributed by atoms with van der Waals surface area (Å²) < 4.78 is 0. The van der Waals surface area contributed by atoms with Crippen molar-refractivity contribution < 1.29 is 1.43 Å². The molecule has 0 aromatic carbocycles. The van der Waals surface area contributed by atoms with Crippen LogP contribution in [-0.4, -0.2) is 12.6 Å². The van der Waals surface area contributed by atoms with Gasteiger partial charge < -0.3 is 5.32 Å². The third kappa shape index (κ3) is 22.6. The van der Waals surface area contributed by atoms with Crippen molar-refractivity contribution in [1.29, 1.82) is 0 Å². The fourth-order valence-corrected chi connectivity index (χ4v) is 0.471. The molecule has 0 spiro atoms. The number of nitrogens with one attached hydrogen (secondary N) is 1. The monoisotopic (exact) mass is 173 g/mol. The number of allylic oxidation sites excluding steroid dienone is 2. The van der Waals surface area contributed by atoms with Crippen LogP contribution in [0.25, 0.3) is 0 Å². The minimum Gasteiger partial charge on any atom is -0.314 e. The molecule has 76 valence electrons. The predicted molar refractivity (Wildman–Crippen MR) is 60.6 cm³/mol. The lowest BCUT2D eigenvalue weighted by atomic mass is 10.2. The summed E-state index contributed by atoms with van der Waals surface area (Å²) in [6, 6.07) is 0.636. The van der Waals surface area contributed by atoms with Crippen LogP contribution in [-0.2, 0) is 0 Å². The Morgan fingerprint density at radius 1 is 1.08 bits per heavy atom. The van der Waals surface area contributed by atoms with Crippen molar-refractivity contribution in [2.45, 2.75) is 47.6 Å². The van der Waals surface area contributed by atoms with E-state index in [1.165, 1.54) is 0 Å². The Morgan fingerprint density at radius 3 is 1.58 bits per heavy atom. The van der Waals surface area contributed by atoms with Gasteiger partial charge in [-0.1, -0.05) is 39.8 Å². The fraction of sp³-hybridized carbons (Fsp3) is 0.818. The smallest absolute Gasteiger partial charge is 0.00104 e. The molecule has 0 heterocycles. The van der Waals surface area contributed by atoms with Crippen molar-refractivity contribution in [3.8, 4) is 0 Å². The van der Waals surface area contributed by atoms with E-state index in [2.05, 4.69) is 33.0 Å². The van der Waals surface area contributed by atoms with Crippen molar-refractivity contribution in [2.24, 2.45) is 5.92 Å². The second kappa shape index (κ2) is 10.7. The largest absolute Gasteiger partial charge is 0.314 e. The minimum atomic E-state index is 0. The van der Waals surface area contributed by atoms with Gasteiger partial charge in [0.2, 0.25) is 0 Å². The summed E-state index contributed by atoms with van der Waals surface area (Å²) in [6.45, 7) is 13.9. The van der Waals surface area contributed by atoms with Gasteiger partial charge in [-0.3, -0.25) is 0 Å². The topological polar surface area (TPSA) is 12.0 Å². The van der Waals surface area contributed by atoms with Crippen molar-refractivity contribution >= 4 is 0 Å². The summed E-state index contributed by atoms with van der Waals surface area (Å²) in [5.74, 6) is 0.775. The fourth-order valence-electron chi connectivity index (χ4n) is 0.471. The Bertz CT molecular complexity index is 86.3. The average molecular weight is 173 g/mol. The van der Waals surface area contributed by atoms with Crippen molar-refractivity contribution in [3.63, 3.8) is 0 Å². The second-order valence-corrected chi connectivity index (χ2v) is 3.62. The van der Waals surface area contributed by atoms with Crippen LogP contribution in [0.5, 0.6) is 0 Å². The normalized spacial score (nSPS) is 10.7. The lowest BCUT2D eigenvalue weighted by Gasteiger charge is -2.09. The Labute approximate surface area is 79.7 Å². The van der Waals surface area contributed by atoms with E-state index in [1.807, 2.05) is 26.0 Å². The van der Waals surface area contributed by atoms with Gasteiger partial charge in [0.15, 0.2) is 0 Å². The molecule has 0 aromatic heterocycles. The molecule has 12 heavy (non-hydrogen) atoms. The minimum absolute atomic E-state index is 0. The Morgan fingerprint density at radius 2 is 1.50 bits per heavy atom. The summed E-state index contributed by atoms with van der Waals surface area (Å²) in [7, 11) is 0. The van der Waals surface area contributed by atoms with Gasteiger partial charge in [0.1, 0.15) is 0 Å². The zero-order chi connectivity index (χ0) is 9.98. The molecule has 0 fully saturated rings. The van der Waals surface area contributed by atoms with Crippen LogP contribution in [0, 0.1) is 5.92 Å². The van der Waals surface area contributed by atoms with Gasteiger partial charge in [-0.15, -0.1) is 0 Å². The van der Waals surface area contributed by atoms with E-state index in [1.54, 1.807) is 0 Å². The van der Waals surface area contributed by atoms with E-state index in [0.29, 0.717) is 6.04 Å². The maximum atomic E-state index is 3.34. The summed E-state index contributed by atoms with van der Waals surface area (Å²) in [5.41, 5.74) is 0. The third-order valence-corrected chi connectivity index (χ3v) is 1.27. The van der Waals surface area contributed by atoms with Gasteiger partial charge in [-0.2, -0.15) is 0 Å². The van der Waals surface area contributed by atoms with Gasteiger partial charge >= 0.3 is 0 Å². The van der Waals surface area contributed by atoms with E-state index in [-0.39, 0.29) is 1.43 Å². The summed E-state index contributed by atoms with van der Waals surface area (Å²) in [4.78, 5) is 0. The highest BCUT2D eigenvalue weighted by Gasteiger charge is 1.93. The molecular formula is C11H27N. The van der Waals surface area contributed by atoms with Gasteiger partial charge in [0, 0.05) is 7.47 Å². The molecule has 1 heteroatoms. The standard InChI is InChI=1S/C7H17N.C4H8.H2/c1-6(2)5-8-7(3)4;1-3-4-2;/h6-8H,5H2,1-4H3;3-4H,1-2H3;1H/b;4-3+;. The summed E-state index contributed by atoms with van der Waals surface area (Å²) in [5, 5.41) is 3.34. The highest BCUT2D eigenvalue weighted by atomic mass is 14.9. The van der Waals surface area contributed by atoms with E-state index in [0.717, 1.165) is 12.5 Å². The van der Waals surface area contributed by atoms with Crippen LogP contribution >= 0.6 is 0 Å². The average Bonchev–Trinajstić information content (AvgIpc) is 2.01. The molecule has 0 unspecified atom stereocenters. The van der Waals surface area contributed by atoms with E-state index < -0.39 is 0 Å². The molecule has 0 aliphatic carbocycles.